The van der Waals surface area contributed by atoms with Crippen LogP contribution in [0.3, 0.4) is 0 Å². The van der Waals surface area contributed by atoms with Gasteiger partial charge in [0.25, 0.3) is 0 Å². The molecule has 0 spiro atoms. The Balaban J connectivity index is 1.22. The number of carbonyl (C=O) groups is 1. The van der Waals surface area contributed by atoms with E-state index in [9.17, 15) is 9.90 Å². The van der Waals surface area contributed by atoms with Crippen molar-refractivity contribution in [1.82, 2.24) is 42.3 Å². The van der Waals surface area contributed by atoms with Crippen molar-refractivity contribution in [1.29, 1.82) is 0 Å². The number of hydrogen-bond acceptors (Lipinski definition) is 9. The maximum Gasteiger partial charge on any atom is 0.223 e. The summed E-state index contributed by atoms with van der Waals surface area (Å²) in [7, 11) is 0. The molecule has 10 nitrogen and oxygen atoms in total. The highest BCUT2D eigenvalue weighted by Crippen LogP contribution is 2.25. The number of aliphatic hydroxyl groups is 1. The molecule has 0 radical (unpaired) electrons. The van der Waals surface area contributed by atoms with Crippen molar-refractivity contribution >= 4 is 5.91 Å². The number of β-amino-alcohol motifs (C(OH)–C–C–N with tert-alkyl or cyclic N) is 1. The molecule has 3 aliphatic heterocycles. The summed E-state index contributed by atoms with van der Waals surface area (Å²) in [5.74, 6) is 0.948. The first-order valence-corrected chi connectivity index (χ1v) is 13.2. The Kier molecular flexibility index (Phi) is 9.75. The largest absolute Gasteiger partial charge is 0.395 e. The van der Waals surface area contributed by atoms with Gasteiger partial charge in [-0.3, -0.25) is 15.0 Å². The van der Waals surface area contributed by atoms with Crippen molar-refractivity contribution in [2.45, 2.75) is 82.3 Å². The van der Waals surface area contributed by atoms with Gasteiger partial charge in [-0.2, -0.15) is 0 Å². The second kappa shape index (κ2) is 12.7. The van der Waals surface area contributed by atoms with E-state index in [0.29, 0.717) is 30.6 Å². The highest BCUT2D eigenvalue weighted by atomic mass is 16.3. The summed E-state index contributed by atoms with van der Waals surface area (Å²) in [5, 5.41) is 27.0. The van der Waals surface area contributed by atoms with E-state index in [1.54, 1.807) is 0 Å². The Morgan fingerprint density at radius 1 is 1.06 bits per heavy atom. The highest BCUT2D eigenvalue weighted by molar-refractivity contribution is 5.78. The first kappa shape index (κ1) is 25.2. The number of hydrogen-bond donors (Lipinski definition) is 8. The number of rotatable bonds is 9. The topological polar surface area (TPSA) is 125 Å². The van der Waals surface area contributed by atoms with Gasteiger partial charge in [-0.05, 0) is 57.5 Å². The van der Waals surface area contributed by atoms with E-state index < -0.39 is 0 Å². The Morgan fingerprint density at radius 2 is 1.97 bits per heavy atom. The molecule has 10 heteroatoms. The average Bonchev–Trinajstić information content (AvgIpc) is 3.25. The first-order valence-electron chi connectivity index (χ1n) is 13.2. The van der Waals surface area contributed by atoms with Crippen molar-refractivity contribution in [3.63, 3.8) is 0 Å². The lowest BCUT2D eigenvalue weighted by molar-refractivity contribution is -0.126. The summed E-state index contributed by atoms with van der Waals surface area (Å²) in [6.07, 6.45) is 7.90. The second-order valence-electron chi connectivity index (χ2n) is 10.4. The Hall–Kier alpha value is -0.850. The summed E-state index contributed by atoms with van der Waals surface area (Å²) >= 11 is 0. The minimum atomic E-state index is 0.102. The molecule has 7 unspecified atom stereocenters. The van der Waals surface area contributed by atoms with Crippen LogP contribution in [0.4, 0.5) is 0 Å². The molecule has 4 rings (SSSR count). The van der Waals surface area contributed by atoms with E-state index in [1.807, 2.05) is 0 Å². The molecule has 1 saturated carbocycles. The number of hydrazine groups is 1. The zero-order valence-electron chi connectivity index (χ0n) is 20.2. The number of nitrogens with zero attached hydrogens (tertiary/aromatic N) is 1. The van der Waals surface area contributed by atoms with E-state index in [2.05, 4.69) is 49.3 Å². The van der Waals surface area contributed by atoms with Crippen molar-refractivity contribution in [2.24, 2.45) is 11.8 Å². The molecule has 3 heterocycles. The van der Waals surface area contributed by atoms with Crippen molar-refractivity contribution in [3.05, 3.63) is 0 Å². The van der Waals surface area contributed by atoms with E-state index in [-0.39, 0.29) is 30.8 Å². The van der Waals surface area contributed by atoms with E-state index in [0.717, 1.165) is 65.0 Å². The zero-order chi connectivity index (χ0) is 23.0. The van der Waals surface area contributed by atoms with E-state index in [1.165, 1.54) is 12.8 Å². The predicted molar refractivity (Wildman–Crippen MR) is 129 cm³/mol. The quantitative estimate of drug-likeness (QED) is 0.207. The molecule has 33 heavy (non-hydrogen) atoms. The van der Waals surface area contributed by atoms with Gasteiger partial charge >= 0.3 is 0 Å². The van der Waals surface area contributed by atoms with Gasteiger partial charge in [0.15, 0.2) is 0 Å². The van der Waals surface area contributed by atoms with Crippen LogP contribution in [0, 0.1) is 11.8 Å². The molecular formula is C23H46N8O2. The van der Waals surface area contributed by atoms with Crippen molar-refractivity contribution in [3.8, 4) is 0 Å². The first-order chi connectivity index (χ1) is 16.2. The van der Waals surface area contributed by atoms with Crippen LogP contribution in [-0.4, -0.2) is 92.4 Å². The Labute approximate surface area is 198 Å². The molecule has 1 amide bonds. The van der Waals surface area contributed by atoms with Crippen LogP contribution in [0.2, 0.25) is 0 Å². The fourth-order valence-electron chi connectivity index (χ4n) is 6.01. The molecule has 0 bridgehead atoms. The van der Waals surface area contributed by atoms with Gasteiger partial charge in [0.05, 0.1) is 18.9 Å². The van der Waals surface area contributed by atoms with Gasteiger partial charge in [-0.25, -0.2) is 10.9 Å². The molecular weight excluding hydrogens is 420 g/mol. The molecule has 8 N–H and O–H groups in total. The Morgan fingerprint density at radius 3 is 2.76 bits per heavy atom. The van der Waals surface area contributed by atoms with Crippen LogP contribution in [0.1, 0.15) is 51.9 Å². The average molecular weight is 467 g/mol. The van der Waals surface area contributed by atoms with Crippen LogP contribution in [0.15, 0.2) is 0 Å². The van der Waals surface area contributed by atoms with Crippen LogP contribution >= 0.6 is 0 Å². The van der Waals surface area contributed by atoms with Crippen LogP contribution in [0.5, 0.6) is 0 Å². The van der Waals surface area contributed by atoms with Crippen molar-refractivity contribution < 1.29 is 9.90 Å². The number of carbonyl (C=O) groups excluding carboxylic acids is 1. The molecule has 0 aromatic heterocycles. The lowest BCUT2D eigenvalue weighted by atomic mass is 9.85. The number of amides is 1. The van der Waals surface area contributed by atoms with Gasteiger partial charge in [0.2, 0.25) is 5.91 Å². The molecule has 0 aromatic rings. The van der Waals surface area contributed by atoms with Gasteiger partial charge in [-0.1, -0.05) is 13.3 Å². The third-order valence-corrected chi connectivity index (χ3v) is 8.09. The zero-order valence-corrected chi connectivity index (χ0v) is 20.2. The van der Waals surface area contributed by atoms with Gasteiger partial charge < -0.3 is 26.4 Å². The van der Waals surface area contributed by atoms with Gasteiger partial charge in [0.1, 0.15) is 0 Å². The number of piperidine rings is 1. The minimum absolute atomic E-state index is 0.102. The summed E-state index contributed by atoms with van der Waals surface area (Å²) < 4.78 is 0. The standard InChI is InChI=1S/C23H46N8O2/c1-16-4-3-8-25-20(16)13-27-23(33)17-5-2-6-18(12-17)26-14-21-29-30-22(31(21)10-11-32)19-7-9-24-15-28-19/h16-22,24-26,28-30,32H,2-15H2,1H3,(H,27,33). The summed E-state index contributed by atoms with van der Waals surface area (Å²) in [6, 6.07) is 1.11. The van der Waals surface area contributed by atoms with Crippen LogP contribution < -0.4 is 37.4 Å². The minimum Gasteiger partial charge on any atom is -0.395 e. The molecule has 0 aromatic carbocycles. The normalized spacial score (nSPS) is 38.3. The van der Waals surface area contributed by atoms with E-state index in [4.69, 9.17) is 0 Å². The summed E-state index contributed by atoms with van der Waals surface area (Å²) in [4.78, 5) is 15.2. The van der Waals surface area contributed by atoms with Crippen LogP contribution in [0.25, 0.3) is 0 Å². The SMILES string of the molecule is CC1CCCNC1CNC(=O)C1CCCC(NCC2NNC(C3CCNCN3)N2CCO)C1. The molecule has 4 fully saturated rings. The molecule has 1 aliphatic carbocycles. The third-order valence-electron chi connectivity index (χ3n) is 8.09. The fourth-order valence-corrected chi connectivity index (χ4v) is 6.01. The maximum atomic E-state index is 12.9. The number of nitrogens with one attached hydrogen (secondary N) is 7. The monoisotopic (exact) mass is 466 g/mol. The maximum absolute atomic E-state index is 12.9. The van der Waals surface area contributed by atoms with Crippen molar-refractivity contribution in [2.75, 3.05) is 46.0 Å². The van der Waals surface area contributed by atoms with Gasteiger partial charge in [-0.15, -0.1) is 0 Å². The van der Waals surface area contributed by atoms with Gasteiger partial charge in [0, 0.05) is 50.3 Å². The molecule has 190 valence electrons. The lowest BCUT2D eigenvalue weighted by Gasteiger charge is -2.36. The lowest BCUT2D eigenvalue weighted by Crippen LogP contribution is -2.59. The molecule has 7 atom stereocenters. The second-order valence-corrected chi connectivity index (χ2v) is 10.4. The Bertz CT molecular complexity index is 605. The predicted octanol–water partition coefficient (Wildman–Crippen LogP) is -1.40. The smallest absolute Gasteiger partial charge is 0.223 e. The highest BCUT2D eigenvalue weighted by Gasteiger charge is 2.38. The molecule has 3 saturated heterocycles. The van der Waals surface area contributed by atoms with Crippen LogP contribution in [-0.2, 0) is 4.79 Å². The summed E-state index contributed by atoms with van der Waals surface area (Å²) in [5.41, 5.74) is 6.87. The third kappa shape index (κ3) is 6.85. The molecule has 4 aliphatic rings. The van der Waals surface area contributed by atoms with E-state index >= 15 is 0 Å². The number of aliphatic hydroxyl groups excluding tert-OH is 1. The summed E-state index contributed by atoms with van der Waals surface area (Å²) in [6.45, 7) is 7.47. The fraction of sp³-hybridized carbons (Fsp3) is 0.957.